The Morgan fingerprint density at radius 2 is 1.89 bits per heavy atom. The summed E-state index contributed by atoms with van der Waals surface area (Å²) in [6, 6.07) is 8.71. The molecule has 1 atom stereocenters. The van der Waals surface area contributed by atoms with E-state index in [0.29, 0.717) is 5.92 Å². The summed E-state index contributed by atoms with van der Waals surface area (Å²) in [5, 5.41) is 11.3. The Morgan fingerprint density at radius 3 is 2.58 bits per heavy atom. The fraction of sp³-hybridized carbons (Fsp3) is 0.438. The van der Waals surface area contributed by atoms with Crippen molar-refractivity contribution in [2.24, 2.45) is 0 Å². The summed E-state index contributed by atoms with van der Waals surface area (Å²) in [7, 11) is 0. The maximum atomic E-state index is 10.0. The van der Waals surface area contributed by atoms with Crippen molar-refractivity contribution in [3.63, 3.8) is 0 Å². The predicted octanol–water partition coefficient (Wildman–Crippen LogP) is 3.40. The Hall–Kier alpha value is -1.19. The van der Waals surface area contributed by atoms with Gasteiger partial charge < -0.3 is 5.11 Å². The predicted molar refractivity (Wildman–Crippen MR) is 76.6 cm³/mol. The molecule has 19 heavy (non-hydrogen) atoms. The summed E-state index contributed by atoms with van der Waals surface area (Å²) >= 11 is 1.84. The summed E-state index contributed by atoms with van der Waals surface area (Å²) in [6.07, 6.45) is 4.97. The number of nitrogens with zero attached hydrogens (tertiary/aromatic N) is 1. The number of hydrogen-bond donors (Lipinski definition) is 1. The molecule has 1 heterocycles. The van der Waals surface area contributed by atoms with Crippen LogP contribution in [0.15, 0.2) is 24.3 Å². The molecule has 2 nitrogen and oxygen atoms in total. The van der Waals surface area contributed by atoms with Crippen molar-refractivity contribution < 1.29 is 5.11 Å². The third kappa shape index (κ3) is 1.92. The molecule has 0 amide bonds. The minimum absolute atomic E-state index is 0.322. The van der Waals surface area contributed by atoms with Crippen molar-refractivity contribution in [3.05, 3.63) is 51.0 Å². The molecule has 3 heteroatoms. The minimum atomic E-state index is -0.322. The normalized spacial score (nSPS) is 22.3. The largest absolute Gasteiger partial charge is 0.387 e. The van der Waals surface area contributed by atoms with E-state index in [1.165, 1.54) is 21.0 Å². The summed E-state index contributed by atoms with van der Waals surface area (Å²) in [5.74, 6) is 0.528. The van der Waals surface area contributed by atoms with Gasteiger partial charge in [0.1, 0.15) is 0 Å². The van der Waals surface area contributed by atoms with E-state index in [4.69, 9.17) is 4.98 Å². The van der Waals surface area contributed by atoms with Crippen LogP contribution in [0.2, 0.25) is 0 Å². The molecule has 1 unspecified atom stereocenters. The van der Waals surface area contributed by atoms with Crippen molar-refractivity contribution in [1.82, 2.24) is 4.98 Å². The first kappa shape index (κ1) is 11.6. The molecule has 98 valence electrons. The van der Waals surface area contributed by atoms with Gasteiger partial charge >= 0.3 is 0 Å². The van der Waals surface area contributed by atoms with Crippen LogP contribution in [0.4, 0.5) is 0 Å². The number of thiazole rings is 1. The average Bonchev–Trinajstić information content (AvgIpc) is 3.02. The average molecular weight is 271 g/mol. The topological polar surface area (TPSA) is 33.1 Å². The van der Waals surface area contributed by atoms with Gasteiger partial charge in [0.25, 0.3) is 0 Å². The lowest BCUT2D eigenvalue weighted by atomic mass is 10.0. The summed E-state index contributed by atoms with van der Waals surface area (Å²) in [6.45, 7) is 0. The zero-order valence-corrected chi connectivity index (χ0v) is 11.6. The molecular weight excluding hydrogens is 254 g/mol. The Morgan fingerprint density at radius 1 is 1.16 bits per heavy atom. The van der Waals surface area contributed by atoms with Crippen LogP contribution in [0.5, 0.6) is 0 Å². The smallest absolute Gasteiger partial charge is 0.0971 e. The highest BCUT2D eigenvalue weighted by atomic mass is 32.1. The van der Waals surface area contributed by atoms with Gasteiger partial charge in [-0.25, -0.2) is 4.98 Å². The molecule has 1 N–H and O–H groups in total. The lowest BCUT2D eigenvalue weighted by Gasteiger charge is -2.14. The lowest BCUT2D eigenvalue weighted by molar-refractivity contribution is 0.152. The van der Waals surface area contributed by atoms with Gasteiger partial charge in [-0.05, 0) is 43.2 Å². The van der Waals surface area contributed by atoms with E-state index in [1.807, 2.05) is 11.3 Å². The molecule has 0 bridgehead atoms. The van der Waals surface area contributed by atoms with E-state index in [1.54, 1.807) is 0 Å². The highest BCUT2D eigenvalue weighted by Crippen LogP contribution is 2.40. The van der Waals surface area contributed by atoms with Crippen molar-refractivity contribution in [2.45, 2.75) is 44.1 Å². The van der Waals surface area contributed by atoms with Gasteiger partial charge in [-0.15, -0.1) is 11.3 Å². The highest BCUT2D eigenvalue weighted by Gasteiger charge is 2.29. The Labute approximate surface area is 117 Å². The molecule has 0 radical (unpaired) electrons. The van der Waals surface area contributed by atoms with Crippen molar-refractivity contribution in [2.75, 3.05) is 0 Å². The second kappa shape index (κ2) is 4.43. The van der Waals surface area contributed by atoms with Gasteiger partial charge in [0.15, 0.2) is 0 Å². The Kier molecular flexibility index (Phi) is 2.71. The maximum absolute atomic E-state index is 10.0. The van der Waals surface area contributed by atoms with Crippen LogP contribution in [-0.2, 0) is 19.3 Å². The van der Waals surface area contributed by atoms with E-state index in [0.717, 1.165) is 37.8 Å². The number of rotatable bonds is 1. The van der Waals surface area contributed by atoms with Crippen LogP contribution in [0.3, 0.4) is 0 Å². The second-order valence-corrected chi connectivity index (χ2v) is 6.76. The molecule has 0 saturated carbocycles. The second-order valence-electron chi connectivity index (χ2n) is 5.64. The van der Waals surface area contributed by atoms with Gasteiger partial charge in [0.05, 0.1) is 16.8 Å². The van der Waals surface area contributed by atoms with Crippen LogP contribution in [0.25, 0.3) is 0 Å². The summed E-state index contributed by atoms with van der Waals surface area (Å²) < 4.78 is 0. The number of fused-ring (bicyclic) bond motifs is 2. The third-order valence-electron chi connectivity index (χ3n) is 4.34. The van der Waals surface area contributed by atoms with Gasteiger partial charge in [-0.1, -0.05) is 24.3 Å². The fourth-order valence-corrected chi connectivity index (χ4v) is 4.59. The quantitative estimate of drug-likeness (QED) is 0.862. The molecule has 0 fully saturated rings. The third-order valence-corrected chi connectivity index (χ3v) is 5.63. The highest BCUT2D eigenvalue weighted by molar-refractivity contribution is 7.11. The van der Waals surface area contributed by atoms with Crippen LogP contribution >= 0.6 is 11.3 Å². The van der Waals surface area contributed by atoms with Gasteiger partial charge in [0, 0.05) is 10.8 Å². The molecule has 2 aromatic rings. The molecule has 0 saturated heterocycles. The zero-order chi connectivity index (χ0) is 12.8. The van der Waals surface area contributed by atoms with Crippen LogP contribution in [-0.4, -0.2) is 10.1 Å². The van der Waals surface area contributed by atoms with Crippen molar-refractivity contribution >= 4 is 11.3 Å². The molecule has 0 spiro atoms. The van der Waals surface area contributed by atoms with Gasteiger partial charge in [-0.3, -0.25) is 0 Å². The molecule has 1 aromatic heterocycles. The number of aryl methyl sites for hydroxylation is 1. The van der Waals surface area contributed by atoms with Crippen LogP contribution in [0, 0.1) is 0 Å². The zero-order valence-electron chi connectivity index (χ0n) is 10.8. The first-order valence-corrected chi connectivity index (χ1v) is 7.87. The molecule has 2 aliphatic rings. The van der Waals surface area contributed by atoms with E-state index < -0.39 is 0 Å². The molecular formula is C16H17NOS. The summed E-state index contributed by atoms with van der Waals surface area (Å²) in [4.78, 5) is 6.09. The van der Waals surface area contributed by atoms with Crippen molar-refractivity contribution in [1.29, 1.82) is 0 Å². The first-order chi connectivity index (χ1) is 9.31. The fourth-order valence-electron chi connectivity index (χ4n) is 3.32. The monoisotopic (exact) mass is 271 g/mol. The Bertz CT molecular complexity index is 594. The standard InChI is InChI=1S/C16H17NOS/c18-13-6-3-7-14-15(13)17-16(19-14)12-8-10-4-1-2-5-11(10)9-12/h1-2,4-5,12-13,18H,3,6-9H2. The number of benzene rings is 1. The van der Waals surface area contributed by atoms with Crippen LogP contribution in [0.1, 0.15) is 51.6 Å². The van der Waals surface area contributed by atoms with Gasteiger partial charge in [-0.2, -0.15) is 0 Å². The number of aromatic nitrogens is 1. The Balaban J connectivity index is 1.65. The number of hydrogen-bond acceptors (Lipinski definition) is 3. The van der Waals surface area contributed by atoms with Crippen LogP contribution < -0.4 is 0 Å². The molecule has 0 aliphatic heterocycles. The molecule has 4 rings (SSSR count). The maximum Gasteiger partial charge on any atom is 0.0971 e. The van der Waals surface area contributed by atoms with Crippen molar-refractivity contribution in [3.8, 4) is 0 Å². The molecule has 1 aromatic carbocycles. The SMILES string of the molecule is OC1CCCc2sc(C3Cc4ccccc4C3)nc21. The summed E-state index contributed by atoms with van der Waals surface area (Å²) in [5.41, 5.74) is 3.92. The first-order valence-electron chi connectivity index (χ1n) is 7.05. The van der Waals surface area contributed by atoms with E-state index in [-0.39, 0.29) is 6.10 Å². The van der Waals surface area contributed by atoms with E-state index in [9.17, 15) is 5.11 Å². The van der Waals surface area contributed by atoms with E-state index >= 15 is 0 Å². The minimum Gasteiger partial charge on any atom is -0.387 e. The lowest BCUT2D eigenvalue weighted by Crippen LogP contribution is -2.07. The van der Waals surface area contributed by atoms with Gasteiger partial charge in [0.2, 0.25) is 0 Å². The molecule has 2 aliphatic carbocycles. The van der Waals surface area contributed by atoms with E-state index in [2.05, 4.69) is 24.3 Å². The number of aliphatic hydroxyl groups excluding tert-OH is 1. The number of aliphatic hydroxyl groups is 1.